The summed E-state index contributed by atoms with van der Waals surface area (Å²) in [5, 5.41) is 22.2. The molecule has 3 amide bonds. The van der Waals surface area contributed by atoms with Crippen LogP contribution in [0.5, 0.6) is 0 Å². The molecule has 3 rings (SSSR count). The highest BCUT2D eigenvalue weighted by Crippen LogP contribution is 2.37. The minimum atomic E-state index is -1.26. The summed E-state index contributed by atoms with van der Waals surface area (Å²) >= 11 is 0. The molecule has 9 heteroatoms. The number of fused-ring (bicyclic) bond motifs is 1. The van der Waals surface area contributed by atoms with Crippen molar-refractivity contribution in [2.45, 2.75) is 44.7 Å². The van der Waals surface area contributed by atoms with Crippen LogP contribution in [-0.4, -0.2) is 54.6 Å². The van der Waals surface area contributed by atoms with Crippen molar-refractivity contribution < 1.29 is 19.0 Å². The van der Waals surface area contributed by atoms with E-state index in [2.05, 4.69) is 16.0 Å². The van der Waals surface area contributed by atoms with Crippen molar-refractivity contribution >= 4 is 23.4 Å². The number of anilines is 1. The lowest BCUT2D eigenvalue weighted by molar-refractivity contribution is -0.825. The lowest BCUT2D eigenvalue weighted by atomic mass is 10.0. The van der Waals surface area contributed by atoms with Crippen LogP contribution in [0.2, 0.25) is 0 Å². The molecule has 1 saturated heterocycles. The van der Waals surface area contributed by atoms with Crippen LogP contribution >= 0.6 is 0 Å². The lowest BCUT2D eigenvalue weighted by Crippen LogP contribution is -2.60. The van der Waals surface area contributed by atoms with Gasteiger partial charge in [0.05, 0.1) is 5.56 Å². The van der Waals surface area contributed by atoms with Crippen LogP contribution in [0.15, 0.2) is 18.2 Å². The molecule has 0 spiro atoms. The lowest BCUT2D eigenvalue weighted by Gasteiger charge is -2.42. The number of nitrogens with two attached hydrogens (primary N) is 1. The van der Waals surface area contributed by atoms with Gasteiger partial charge in [-0.25, -0.2) is 4.79 Å². The molecule has 1 fully saturated rings. The predicted molar refractivity (Wildman–Crippen MR) is 109 cm³/mol. The molecular weight excluding hydrogens is 374 g/mol. The van der Waals surface area contributed by atoms with Crippen LogP contribution in [0.25, 0.3) is 0 Å². The van der Waals surface area contributed by atoms with E-state index in [9.17, 15) is 19.6 Å². The molecule has 0 aromatic heterocycles. The Kier molecular flexibility index (Phi) is 6.96. The van der Waals surface area contributed by atoms with Gasteiger partial charge in [0.15, 0.2) is 6.04 Å². The Morgan fingerprint density at radius 2 is 1.97 bits per heavy atom. The van der Waals surface area contributed by atoms with Crippen molar-refractivity contribution in [1.82, 2.24) is 10.6 Å². The summed E-state index contributed by atoms with van der Waals surface area (Å²) in [6.45, 7) is 2.95. The van der Waals surface area contributed by atoms with Crippen molar-refractivity contribution in [1.29, 1.82) is 0 Å². The van der Waals surface area contributed by atoms with Gasteiger partial charge in [-0.05, 0) is 38.1 Å². The Bertz CT molecular complexity index is 784. The molecule has 158 valence electrons. The molecule has 5 N–H and O–H groups in total. The highest BCUT2D eigenvalue weighted by Gasteiger charge is 2.49. The van der Waals surface area contributed by atoms with Crippen LogP contribution in [0.4, 0.5) is 5.69 Å². The van der Waals surface area contributed by atoms with E-state index >= 15 is 0 Å². The zero-order valence-corrected chi connectivity index (χ0v) is 16.5. The molecule has 2 aliphatic heterocycles. The summed E-state index contributed by atoms with van der Waals surface area (Å²) in [5.41, 5.74) is 7.21. The maximum atomic E-state index is 13.4. The van der Waals surface area contributed by atoms with E-state index < -0.39 is 28.4 Å². The summed E-state index contributed by atoms with van der Waals surface area (Å²) in [6, 6.07) is 4.12. The first kappa shape index (κ1) is 21.4. The second kappa shape index (κ2) is 9.45. The Hall–Kier alpha value is -2.33. The molecule has 2 heterocycles. The number of piperidine rings is 1. The normalized spacial score (nSPS) is 23.8. The Balaban J connectivity index is 1.60. The highest BCUT2D eigenvalue weighted by atomic mass is 16.6. The van der Waals surface area contributed by atoms with Crippen molar-refractivity contribution in [2.24, 2.45) is 5.73 Å². The highest BCUT2D eigenvalue weighted by molar-refractivity contribution is 6.02. The number of imide groups is 1. The maximum absolute atomic E-state index is 13.4. The molecule has 0 radical (unpaired) electrons. The average molecular weight is 403 g/mol. The zero-order chi connectivity index (χ0) is 20.9. The average Bonchev–Trinajstić information content (AvgIpc) is 2.96. The number of amides is 3. The third-order valence-electron chi connectivity index (χ3n) is 5.53. The molecule has 0 aliphatic carbocycles. The van der Waals surface area contributed by atoms with E-state index in [0.29, 0.717) is 17.7 Å². The van der Waals surface area contributed by atoms with E-state index in [1.165, 1.54) is 0 Å². The van der Waals surface area contributed by atoms with Gasteiger partial charge in [-0.15, -0.1) is 0 Å². The van der Waals surface area contributed by atoms with Gasteiger partial charge in [-0.2, -0.15) is 0 Å². The van der Waals surface area contributed by atoms with Gasteiger partial charge in [0.2, 0.25) is 5.91 Å². The monoisotopic (exact) mass is 403 g/mol. The van der Waals surface area contributed by atoms with E-state index in [-0.39, 0.29) is 19.4 Å². The fourth-order valence-corrected chi connectivity index (χ4v) is 3.95. The summed E-state index contributed by atoms with van der Waals surface area (Å²) in [7, 11) is 0. The van der Waals surface area contributed by atoms with E-state index in [0.717, 1.165) is 44.6 Å². The maximum Gasteiger partial charge on any atom is 0.347 e. The minimum Gasteiger partial charge on any atom is -0.624 e. The van der Waals surface area contributed by atoms with Crippen LogP contribution in [0.3, 0.4) is 0 Å². The molecule has 2 aliphatic rings. The first-order valence-corrected chi connectivity index (χ1v) is 10.2. The second-order valence-electron chi connectivity index (χ2n) is 7.58. The Labute approximate surface area is 170 Å². The number of nitrogens with zero attached hydrogens (tertiary/aromatic N) is 1. The number of nitrogens with one attached hydrogen (secondary N) is 3. The van der Waals surface area contributed by atoms with Crippen molar-refractivity contribution in [3.05, 3.63) is 34.5 Å². The van der Waals surface area contributed by atoms with E-state index in [4.69, 9.17) is 5.73 Å². The first-order valence-electron chi connectivity index (χ1n) is 10.2. The summed E-state index contributed by atoms with van der Waals surface area (Å²) < 4.78 is -1.26. The number of hydroxylamine groups is 3. The fourth-order valence-electron chi connectivity index (χ4n) is 3.95. The Morgan fingerprint density at radius 1 is 1.14 bits per heavy atom. The number of hydrogen-bond acceptors (Lipinski definition) is 7. The smallest absolute Gasteiger partial charge is 0.347 e. The van der Waals surface area contributed by atoms with E-state index in [1.54, 1.807) is 12.1 Å². The number of hydrogen-bond donors (Lipinski definition) is 4. The number of unbranched alkanes of at least 4 members (excludes halogenated alkanes) is 2. The van der Waals surface area contributed by atoms with Gasteiger partial charge in [0, 0.05) is 37.2 Å². The summed E-state index contributed by atoms with van der Waals surface area (Å²) in [5.74, 6) is -1.68. The van der Waals surface area contributed by atoms with Crippen molar-refractivity contribution in [3.8, 4) is 0 Å². The summed E-state index contributed by atoms with van der Waals surface area (Å²) in [4.78, 5) is 36.4. The number of benzene rings is 1. The van der Waals surface area contributed by atoms with Crippen molar-refractivity contribution in [2.75, 3.05) is 31.5 Å². The molecule has 0 bridgehead atoms. The fraction of sp³-hybridized carbons (Fsp3) is 0.550. The standard InChI is InChI=1S/C20H29N5O4/c21-9-2-1-3-10-22-11-12-23-16-6-4-5-14-15(16)13-25(29,20(14)28)17-7-8-18(26)24-19(17)27/h4-6,17,22-23H,1-3,7-13,21H2,(H,24,26,27). The number of quaternary nitrogens is 1. The van der Waals surface area contributed by atoms with Gasteiger partial charge in [-0.1, -0.05) is 12.5 Å². The molecule has 0 saturated carbocycles. The predicted octanol–water partition coefficient (Wildman–Crippen LogP) is 0.591. The molecule has 29 heavy (non-hydrogen) atoms. The molecule has 9 nitrogen and oxygen atoms in total. The SMILES string of the molecule is NCCCCCNCCNc1cccc2c1C[N+]([O-])(C1CCC(=O)NC1=O)C2=O. The summed E-state index contributed by atoms with van der Waals surface area (Å²) in [6.07, 6.45) is 3.38. The van der Waals surface area contributed by atoms with Gasteiger partial charge in [0.25, 0.3) is 5.91 Å². The van der Waals surface area contributed by atoms with Gasteiger partial charge >= 0.3 is 5.91 Å². The van der Waals surface area contributed by atoms with Gasteiger partial charge in [0.1, 0.15) is 6.54 Å². The topological polar surface area (TPSA) is 136 Å². The number of carbonyl (C=O) groups is 3. The third kappa shape index (κ3) is 4.64. The van der Waals surface area contributed by atoms with Gasteiger partial charge in [-0.3, -0.25) is 19.6 Å². The third-order valence-corrected chi connectivity index (χ3v) is 5.53. The number of rotatable bonds is 10. The van der Waals surface area contributed by atoms with Crippen LogP contribution < -0.4 is 21.7 Å². The molecule has 2 atom stereocenters. The largest absolute Gasteiger partial charge is 0.624 e. The molecule has 1 aromatic rings. The van der Waals surface area contributed by atoms with E-state index in [1.807, 2.05) is 6.07 Å². The first-order chi connectivity index (χ1) is 14.0. The minimum absolute atomic E-state index is 0.0737. The van der Waals surface area contributed by atoms with Gasteiger partial charge < -0.3 is 21.6 Å². The van der Waals surface area contributed by atoms with Crippen LogP contribution in [-0.2, 0) is 16.1 Å². The molecular formula is C20H29N5O4. The molecule has 2 unspecified atom stereocenters. The van der Waals surface area contributed by atoms with Crippen LogP contribution in [0.1, 0.15) is 48.0 Å². The molecule has 1 aromatic carbocycles. The number of carbonyl (C=O) groups excluding carboxylic acids is 3. The van der Waals surface area contributed by atoms with Crippen molar-refractivity contribution in [3.63, 3.8) is 0 Å². The quantitative estimate of drug-likeness (QED) is 0.194. The zero-order valence-electron chi connectivity index (χ0n) is 16.5. The van der Waals surface area contributed by atoms with Crippen LogP contribution in [0, 0.1) is 5.21 Å². The Morgan fingerprint density at radius 3 is 2.72 bits per heavy atom. The second-order valence-corrected chi connectivity index (χ2v) is 7.58.